The summed E-state index contributed by atoms with van der Waals surface area (Å²) in [6, 6.07) is 4.83. The first kappa shape index (κ1) is 83.2. The molecule has 3 amide bonds. The van der Waals surface area contributed by atoms with E-state index < -0.39 is 64.6 Å². The van der Waals surface area contributed by atoms with Gasteiger partial charge in [0.1, 0.15) is 29.7 Å². The van der Waals surface area contributed by atoms with Gasteiger partial charge in [-0.1, -0.05) is 105 Å². The minimum absolute atomic E-state index is 0. The second-order valence-corrected chi connectivity index (χ2v) is 33.9. The number of Topliss-reactive ketones (excluding diaryl/α,β-unsaturated/α-hetero) is 5. The number of nitrogens with one attached hydrogen (secondary N) is 1. The van der Waals surface area contributed by atoms with Crippen molar-refractivity contribution < 1.29 is 86.2 Å². The van der Waals surface area contributed by atoms with Gasteiger partial charge in [-0.3, -0.25) is 52.9 Å². The molecule has 575 valence electrons. The fourth-order valence-electron chi connectivity index (χ4n) is 17.4. The summed E-state index contributed by atoms with van der Waals surface area (Å²) in [6.45, 7) is 12.4. The molecule has 1 aromatic carbocycles. The van der Waals surface area contributed by atoms with Crippen molar-refractivity contribution in [3.8, 4) is 17.1 Å². The molecule has 8 aliphatic rings. The van der Waals surface area contributed by atoms with Crippen LogP contribution in [0.25, 0.3) is 22.3 Å². The van der Waals surface area contributed by atoms with E-state index in [2.05, 4.69) is 29.1 Å². The Morgan fingerprint density at radius 3 is 2.25 bits per heavy atom. The molecule has 23 heteroatoms. The first-order valence-electron chi connectivity index (χ1n) is 39.0. The van der Waals surface area contributed by atoms with Crippen LogP contribution < -0.4 is 10.1 Å². The van der Waals surface area contributed by atoms with Crippen LogP contribution in [0, 0.1) is 71.5 Å². The number of aliphatic hydroxyl groups is 1. The third-order valence-electron chi connectivity index (χ3n) is 23.4. The number of esters is 1. The van der Waals surface area contributed by atoms with Gasteiger partial charge in [0.15, 0.2) is 23.1 Å². The number of amides is 3. The molecule has 3 N–H and O–H groups in total. The van der Waals surface area contributed by atoms with Crippen LogP contribution in [0.4, 0.5) is 0 Å². The van der Waals surface area contributed by atoms with Crippen LogP contribution in [-0.4, -0.2) is 142 Å². The maximum absolute atomic E-state index is 14.7. The van der Waals surface area contributed by atoms with Crippen LogP contribution in [0.5, 0.6) is 5.75 Å². The Balaban J connectivity index is 0.000000242. The molecule has 7 fully saturated rings. The number of hydrogen-bond donors (Lipinski definition) is 3. The van der Waals surface area contributed by atoms with Gasteiger partial charge >= 0.3 is 11.9 Å². The number of hydrogen-bond acceptors (Lipinski definition) is 18. The van der Waals surface area contributed by atoms with Crippen molar-refractivity contribution in [2.45, 2.75) is 265 Å². The molecule has 0 unspecified atom stereocenters. The average molecular weight is 1510 g/mol. The zero-order chi connectivity index (χ0) is 74.0. The number of likely N-dealkylation sites (tertiary alicyclic amines) is 1. The number of allylic oxidation sites excluding steroid dienone is 2. The first-order chi connectivity index (χ1) is 49.9. The van der Waals surface area contributed by atoms with Crippen molar-refractivity contribution in [3.05, 3.63) is 84.1 Å². The van der Waals surface area contributed by atoms with E-state index in [1.807, 2.05) is 69.5 Å². The van der Waals surface area contributed by atoms with Gasteiger partial charge in [-0.05, 0) is 155 Å². The molecule has 12 rings (SSSR count). The number of aliphatic hydroxyl groups excluding tert-OH is 1. The Kier molecular flexibility index (Phi) is 29.4. The number of thiazole rings is 1. The van der Waals surface area contributed by atoms with Gasteiger partial charge in [0.2, 0.25) is 23.5 Å². The Morgan fingerprint density at radius 1 is 0.821 bits per heavy atom. The zero-order valence-electron chi connectivity index (χ0n) is 63.3. The summed E-state index contributed by atoms with van der Waals surface area (Å²) in [6.07, 6.45) is 27.1. The van der Waals surface area contributed by atoms with Gasteiger partial charge in [-0.2, -0.15) is 0 Å². The first-order valence-corrected chi connectivity index (χ1v) is 39.9. The SMILES string of the molecule is CC(C)Cc1nc(-c2cc(O[C@@H]3C[C@H]4C(=O)C[C@]5(C(=O)O)C[C@H]5/C=C\CCCCC[C@H](CC(=O)OC5CCCC5)C(=O)N4C3)c3ccc(CO)cc3n2)cs1.CCC[C@H](CC(=O)[C@@H]1[C@H]2CCC[C@H]2CN1C(=O)[C@@H](NC(=O)[C@@H](CC(=O)c1cnccn1)C1CCCCC1)C(C)(C)C)C(=O)C(=O)CC1CC1.[CH3-].[V]. The normalized spacial score (nSPS) is 25.3. The number of rotatable bonds is 26. The quantitative estimate of drug-likeness (QED) is 0.0173. The molecule has 5 saturated carbocycles. The summed E-state index contributed by atoms with van der Waals surface area (Å²) in [4.78, 5) is 158. The predicted octanol–water partition coefficient (Wildman–Crippen LogP) is 13.6. The Hall–Kier alpha value is -6.88. The number of aliphatic carboxylic acids is 1. The number of benzene rings is 1. The molecular formula is C83H112N7O14SV-. The minimum atomic E-state index is -1.19. The number of carboxylic acids is 1. The summed E-state index contributed by atoms with van der Waals surface area (Å²) in [7, 11) is 0. The number of fused-ring (bicyclic) bond motifs is 4. The molecule has 106 heavy (non-hydrogen) atoms. The van der Waals surface area contributed by atoms with Gasteiger partial charge in [-0.15, -0.1) is 11.3 Å². The van der Waals surface area contributed by atoms with E-state index in [9.17, 15) is 58.2 Å². The Labute approximate surface area is 641 Å². The Bertz CT molecular complexity index is 3800. The van der Waals surface area contributed by atoms with Crippen molar-refractivity contribution in [2.24, 2.45) is 64.1 Å². The number of nitrogens with zero attached hydrogens (tertiary/aromatic N) is 6. The summed E-state index contributed by atoms with van der Waals surface area (Å²) in [5.74, 6) is -4.49. The number of carbonyl (C=O) groups excluding carboxylic acids is 9. The van der Waals surface area contributed by atoms with Crippen LogP contribution in [0.1, 0.15) is 242 Å². The fraction of sp³-hybridized carbons (Fsp3) is 0.651. The van der Waals surface area contributed by atoms with Gasteiger partial charge in [0.25, 0.3) is 0 Å². The molecule has 4 aromatic rings. The number of ketones is 5. The third-order valence-corrected chi connectivity index (χ3v) is 24.3. The largest absolute Gasteiger partial charge is 0.488 e. The average Bonchev–Trinajstić information content (AvgIpc) is 1.60. The molecule has 21 nitrogen and oxygen atoms in total. The van der Waals surface area contributed by atoms with Crippen molar-refractivity contribution in [2.75, 3.05) is 13.1 Å². The molecule has 0 spiro atoms. The minimum Gasteiger partial charge on any atom is -0.488 e. The topological polar surface area (TPSA) is 300 Å². The zero-order valence-corrected chi connectivity index (χ0v) is 65.5. The van der Waals surface area contributed by atoms with E-state index in [-0.39, 0.29) is 160 Å². The van der Waals surface area contributed by atoms with E-state index in [1.165, 1.54) is 18.6 Å². The van der Waals surface area contributed by atoms with Crippen LogP contribution in [0.15, 0.2) is 60.4 Å². The van der Waals surface area contributed by atoms with E-state index in [0.717, 1.165) is 127 Å². The number of carboxylic acid groups (broad SMARTS) is 1. The van der Waals surface area contributed by atoms with E-state index in [0.29, 0.717) is 77.7 Å². The summed E-state index contributed by atoms with van der Waals surface area (Å²) < 4.78 is 12.6. The molecule has 0 bridgehead atoms. The second-order valence-electron chi connectivity index (χ2n) is 32.9. The number of ether oxygens (including phenoxy) is 2. The van der Waals surface area contributed by atoms with Crippen LogP contribution >= 0.6 is 11.3 Å². The van der Waals surface area contributed by atoms with Gasteiger partial charge < -0.3 is 42.2 Å². The molecule has 1 radical (unpaired) electrons. The number of aromatic nitrogens is 4. The van der Waals surface area contributed by atoms with Gasteiger partial charge in [0.05, 0.1) is 65.2 Å². The monoisotopic (exact) mass is 1510 g/mol. The molecule has 5 aliphatic carbocycles. The fourth-order valence-corrected chi connectivity index (χ4v) is 18.4. The molecular weight excluding hydrogens is 1400 g/mol. The molecule has 2 saturated heterocycles. The van der Waals surface area contributed by atoms with Crippen LogP contribution in [-0.2, 0) is 79.5 Å². The van der Waals surface area contributed by atoms with Crippen molar-refractivity contribution >= 4 is 80.8 Å². The summed E-state index contributed by atoms with van der Waals surface area (Å²) in [5.41, 5.74) is 0.997. The van der Waals surface area contributed by atoms with Crippen LogP contribution in [0.2, 0.25) is 0 Å². The molecule has 3 aromatic heterocycles. The van der Waals surface area contributed by atoms with Crippen molar-refractivity contribution in [1.82, 2.24) is 35.1 Å². The van der Waals surface area contributed by atoms with E-state index in [4.69, 9.17) is 19.4 Å². The van der Waals surface area contributed by atoms with E-state index in [1.54, 1.807) is 21.1 Å². The third kappa shape index (κ3) is 20.7. The van der Waals surface area contributed by atoms with E-state index >= 15 is 0 Å². The number of pyridine rings is 1. The smallest absolute Gasteiger partial charge is 0.310 e. The van der Waals surface area contributed by atoms with Crippen molar-refractivity contribution in [3.63, 3.8) is 0 Å². The summed E-state index contributed by atoms with van der Waals surface area (Å²) in [5, 5.41) is 27.1. The standard InChI is InChI=1S/C43H53N3O8S.C39H56N4O6.CH3.V/c1-26(2)16-39-45-35(25-55-39)34-20-38(32-15-14-27(24-47)17-33(32)44-34)53-31-19-36-37(48)22-43(42(51)52)21-29(43)11-7-5-3-4-6-10-28(41(50)46(36)23-31)18-40(49)54-30-12-8-9-13-30;1-5-10-26(35(47)33(46)19-24-15-16-24)20-32(45)34-28-14-9-13-27(28)23-43(34)38(49)36(39(2,3)4)42-37(48)29(25-11-7-6-8-12-25)21-31(44)30-22-40-17-18-41-30;;/h7,11,14-15,17,20,25-26,28-31,36,47H,3-6,8-10,12-13,16,18-19,21-24H2,1-2H3,(H,51,52);17-18,22,24-29,34,36H,5-16,19-21,23H2,1-4H3,(H,42,48);1H3;/q;;-1;/b11-7-;;;/t28-,29-,31-,36+,43-;26-,27+,28+,29+,34+,36-;;/m11../s1. The predicted molar refractivity (Wildman–Crippen MR) is 399 cm³/mol. The maximum Gasteiger partial charge on any atom is 0.310 e. The molecule has 3 aliphatic heterocycles. The van der Waals surface area contributed by atoms with Gasteiger partial charge in [-0.25, -0.2) is 15.0 Å². The van der Waals surface area contributed by atoms with Crippen LogP contribution in [0.3, 0.4) is 0 Å². The molecule has 11 atom stereocenters. The maximum atomic E-state index is 14.7. The summed E-state index contributed by atoms with van der Waals surface area (Å²) >= 11 is 1.58. The molecule has 6 heterocycles. The second kappa shape index (κ2) is 37.5. The Morgan fingerprint density at radius 2 is 1.56 bits per heavy atom. The number of carbonyl (C=O) groups is 10. The van der Waals surface area contributed by atoms with Crippen molar-refractivity contribution in [1.29, 1.82) is 0 Å². The van der Waals surface area contributed by atoms with Gasteiger partial charge in [0, 0.05) is 111 Å².